The van der Waals surface area contributed by atoms with E-state index in [1.54, 1.807) is 0 Å². The molecule has 0 aliphatic carbocycles. The van der Waals surface area contributed by atoms with Gasteiger partial charge in [0.25, 0.3) is 0 Å². The molecular formula is C21H31N7. The van der Waals surface area contributed by atoms with Crippen LogP contribution in [-0.2, 0) is 0 Å². The van der Waals surface area contributed by atoms with Crippen molar-refractivity contribution in [3.05, 3.63) is 29.3 Å². The van der Waals surface area contributed by atoms with Crippen molar-refractivity contribution in [2.45, 2.75) is 45.4 Å². The van der Waals surface area contributed by atoms with Gasteiger partial charge in [0, 0.05) is 64.0 Å². The number of anilines is 3. The van der Waals surface area contributed by atoms with Crippen LogP contribution in [0.5, 0.6) is 0 Å². The van der Waals surface area contributed by atoms with E-state index in [0.29, 0.717) is 5.92 Å². The maximum absolute atomic E-state index is 4.82. The fraction of sp³-hybridized carbons (Fsp3) is 0.619. The second-order valence-electron chi connectivity index (χ2n) is 8.25. The molecule has 150 valence electrons. The summed E-state index contributed by atoms with van der Waals surface area (Å²) in [5.41, 5.74) is 2.27. The molecule has 0 unspecified atom stereocenters. The third kappa shape index (κ3) is 3.88. The van der Waals surface area contributed by atoms with E-state index in [0.717, 1.165) is 68.0 Å². The van der Waals surface area contributed by atoms with Crippen molar-refractivity contribution in [1.29, 1.82) is 0 Å². The second kappa shape index (κ2) is 7.89. The molecule has 0 spiro atoms. The molecule has 0 aromatic carbocycles. The van der Waals surface area contributed by atoms with Crippen LogP contribution < -0.4 is 14.7 Å². The highest BCUT2D eigenvalue weighted by Gasteiger charge is 2.26. The van der Waals surface area contributed by atoms with Crippen LogP contribution in [0.1, 0.15) is 48.7 Å². The first kappa shape index (κ1) is 18.9. The molecule has 0 radical (unpaired) electrons. The summed E-state index contributed by atoms with van der Waals surface area (Å²) < 4.78 is 0. The maximum atomic E-state index is 4.82. The molecule has 2 aliphatic rings. The number of hydrogen-bond acceptors (Lipinski definition) is 7. The molecule has 7 nitrogen and oxygen atoms in total. The molecule has 7 heteroatoms. The van der Waals surface area contributed by atoms with Crippen molar-refractivity contribution in [3.63, 3.8) is 0 Å². The van der Waals surface area contributed by atoms with E-state index in [-0.39, 0.29) is 0 Å². The van der Waals surface area contributed by atoms with Gasteiger partial charge in [-0.2, -0.15) is 4.98 Å². The molecule has 0 N–H and O–H groups in total. The van der Waals surface area contributed by atoms with Gasteiger partial charge in [0.15, 0.2) is 0 Å². The third-order valence-corrected chi connectivity index (χ3v) is 5.75. The molecule has 0 saturated carbocycles. The summed E-state index contributed by atoms with van der Waals surface area (Å²) in [6.45, 7) is 8.19. The molecule has 2 fully saturated rings. The number of nitrogens with zero attached hydrogens (tertiary/aromatic N) is 7. The molecule has 4 rings (SSSR count). The van der Waals surface area contributed by atoms with Gasteiger partial charge in [0.1, 0.15) is 17.5 Å². The summed E-state index contributed by atoms with van der Waals surface area (Å²) in [5, 5.41) is 0. The van der Waals surface area contributed by atoms with Crippen LogP contribution in [0.25, 0.3) is 0 Å². The topological polar surface area (TPSA) is 61.3 Å². The first-order valence-electron chi connectivity index (χ1n) is 10.4. The SMILES string of the molecule is Cc1nc([C@H]2CCCN(c3ncc(C)c(N(C)C)n3)C2)cc(N2CCCC2)n1. The predicted molar refractivity (Wildman–Crippen MR) is 114 cm³/mol. The molecule has 2 saturated heterocycles. The van der Waals surface area contributed by atoms with Crippen molar-refractivity contribution < 1.29 is 0 Å². The largest absolute Gasteiger partial charge is 0.362 e. The lowest BCUT2D eigenvalue weighted by Crippen LogP contribution is -2.36. The van der Waals surface area contributed by atoms with Gasteiger partial charge in [-0.15, -0.1) is 0 Å². The lowest BCUT2D eigenvalue weighted by molar-refractivity contribution is 0.493. The summed E-state index contributed by atoms with van der Waals surface area (Å²) in [4.78, 5) is 25.7. The lowest BCUT2D eigenvalue weighted by Gasteiger charge is -2.33. The van der Waals surface area contributed by atoms with Crippen molar-refractivity contribution in [1.82, 2.24) is 19.9 Å². The fourth-order valence-corrected chi connectivity index (χ4v) is 4.32. The van der Waals surface area contributed by atoms with E-state index in [1.165, 1.54) is 18.5 Å². The first-order chi connectivity index (χ1) is 13.5. The van der Waals surface area contributed by atoms with Crippen LogP contribution in [-0.4, -0.2) is 60.2 Å². The fourth-order valence-electron chi connectivity index (χ4n) is 4.32. The quantitative estimate of drug-likeness (QED) is 0.807. The molecule has 4 heterocycles. The Morgan fingerprint density at radius 2 is 1.71 bits per heavy atom. The Morgan fingerprint density at radius 1 is 0.964 bits per heavy atom. The Kier molecular flexibility index (Phi) is 5.33. The highest BCUT2D eigenvalue weighted by atomic mass is 15.3. The van der Waals surface area contributed by atoms with Gasteiger partial charge in [-0.05, 0) is 39.5 Å². The Balaban J connectivity index is 1.57. The molecule has 2 aromatic rings. The molecule has 1 atom stereocenters. The zero-order valence-electron chi connectivity index (χ0n) is 17.5. The number of hydrogen-bond donors (Lipinski definition) is 0. The van der Waals surface area contributed by atoms with E-state index in [1.807, 2.05) is 27.2 Å². The van der Waals surface area contributed by atoms with E-state index in [2.05, 4.69) is 32.7 Å². The van der Waals surface area contributed by atoms with Crippen molar-refractivity contribution in [2.75, 3.05) is 55.0 Å². The van der Waals surface area contributed by atoms with Gasteiger partial charge in [-0.3, -0.25) is 0 Å². The maximum Gasteiger partial charge on any atom is 0.227 e. The zero-order chi connectivity index (χ0) is 19.7. The van der Waals surface area contributed by atoms with E-state index in [9.17, 15) is 0 Å². The highest BCUT2D eigenvalue weighted by Crippen LogP contribution is 2.30. The lowest BCUT2D eigenvalue weighted by atomic mass is 9.94. The Labute approximate surface area is 167 Å². The van der Waals surface area contributed by atoms with Crippen LogP contribution in [0.2, 0.25) is 0 Å². The average molecular weight is 382 g/mol. The van der Waals surface area contributed by atoms with Gasteiger partial charge in [0.05, 0.1) is 5.69 Å². The first-order valence-corrected chi connectivity index (χ1v) is 10.4. The van der Waals surface area contributed by atoms with Gasteiger partial charge in [-0.1, -0.05) is 0 Å². The zero-order valence-corrected chi connectivity index (χ0v) is 17.5. The summed E-state index contributed by atoms with van der Waals surface area (Å²) in [7, 11) is 4.06. The minimum Gasteiger partial charge on any atom is -0.362 e. The van der Waals surface area contributed by atoms with Crippen LogP contribution in [0.4, 0.5) is 17.6 Å². The third-order valence-electron chi connectivity index (χ3n) is 5.75. The summed E-state index contributed by atoms with van der Waals surface area (Å²) in [6, 6.07) is 2.22. The normalized spacial score (nSPS) is 19.9. The average Bonchev–Trinajstić information content (AvgIpc) is 3.23. The minimum atomic E-state index is 0.393. The van der Waals surface area contributed by atoms with Gasteiger partial charge in [-0.25, -0.2) is 15.0 Å². The second-order valence-corrected chi connectivity index (χ2v) is 8.25. The molecule has 28 heavy (non-hydrogen) atoms. The van der Waals surface area contributed by atoms with Crippen molar-refractivity contribution in [2.24, 2.45) is 0 Å². The predicted octanol–water partition coefficient (Wildman–Crippen LogP) is 2.93. The standard InChI is InChI=1S/C21H31N7/c1-15-13-22-21(25-20(15)26(3)4)28-11-7-8-17(14-28)18-12-19(24-16(2)23-18)27-9-5-6-10-27/h12-13,17H,5-11,14H2,1-4H3/t17-/m0/s1. The minimum absolute atomic E-state index is 0.393. The van der Waals surface area contributed by atoms with Crippen molar-refractivity contribution in [3.8, 4) is 0 Å². The number of rotatable bonds is 4. The molecular weight excluding hydrogens is 350 g/mol. The van der Waals surface area contributed by atoms with Crippen LogP contribution in [0, 0.1) is 13.8 Å². The summed E-state index contributed by atoms with van der Waals surface area (Å²) in [5.74, 6) is 4.17. The van der Waals surface area contributed by atoms with Gasteiger partial charge < -0.3 is 14.7 Å². The Morgan fingerprint density at radius 3 is 2.46 bits per heavy atom. The van der Waals surface area contributed by atoms with Gasteiger partial charge in [0.2, 0.25) is 5.95 Å². The van der Waals surface area contributed by atoms with Gasteiger partial charge >= 0.3 is 0 Å². The summed E-state index contributed by atoms with van der Waals surface area (Å²) in [6.07, 6.45) is 6.73. The molecule has 2 aromatic heterocycles. The molecule has 0 amide bonds. The number of piperidine rings is 1. The summed E-state index contributed by atoms with van der Waals surface area (Å²) >= 11 is 0. The molecule has 2 aliphatic heterocycles. The van der Waals surface area contributed by atoms with Crippen LogP contribution >= 0.6 is 0 Å². The molecule has 0 bridgehead atoms. The van der Waals surface area contributed by atoms with Crippen LogP contribution in [0.15, 0.2) is 12.3 Å². The Hall–Kier alpha value is -2.44. The van der Waals surface area contributed by atoms with Crippen molar-refractivity contribution >= 4 is 17.6 Å². The van der Waals surface area contributed by atoms with E-state index in [4.69, 9.17) is 15.0 Å². The van der Waals surface area contributed by atoms with E-state index >= 15 is 0 Å². The monoisotopic (exact) mass is 381 g/mol. The smallest absolute Gasteiger partial charge is 0.227 e. The van der Waals surface area contributed by atoms with Crippen LogP contribution in [0.3, 0.4) is 0 Å². The number of aromatic nitrogens is 4. The Bertz CT molecular complexity index is 829. The van der Waals surface area contributed by atoms with E-state index < -0.39 is 0 Å². The number of aryl methyl sites for hydroxylation is 2. The highest BCUT2D eigenvalue weighted by molar-refractivity contribution is 5.49.